The molecule has 1 heterocycles. The molecule has 4 rings (SSSR count). The molecule has 0 saturated carbocycles. The van der Waals surface area contributed by atoms with E-state index in [1.165, 1.54) is 0 Å². The average Bonchev–Trinajstić information content (AvgIpc) is 3.10. The van der Waals surface area contributed by atoms with E-state index in [1.54, 1.807) is 29.5 Å². The van der Waals surface area contributed by atoms with Gasteiger partial charge in [0.25, 0.3) is 0 Å². The van der Waals surface area contributed by atoms with E-state index in [0.717, 1.165) is 26.5 Å². The maximum absolute atomic E-state index is 11.4. The van der Waals surface area contributed by atoms with Crippen molar-refractivity contribution in [1.82, 2.24) is 4.98 Å². The Morgan fingerprint density at radius 1 is 0.963 bits per heavy atom. The van der Waals surface area contributed by atoms with Crippen molar-refractivity contribution in [3.63, 3.8) is 0 Å². The summed E-state index contributed by atoms with van der Waals surface area (Å²) in [5.41, 5.74) is 3.65. The highest BCUT2D eigenvalue weighted by molar-refractivity contribution is 7.19. The van der Waals surface area contributed by atoms with Crippen LogP contribution < -0.4 is 5.32 Å². The van der Waals surface area contributed by atoms with E-state index in [-0.39, 0.29) is 5.56 Å². The Hall–Kier alpha value is -3.44. The molecule has 3 aromatic carbocycles. The van der Waals surface area contributed by atoms with Gasteiger partial charge in [0, 0.05) is 5.69 Å². The highest BCUT2D eigenvalue weighted by Gasteiger charge is 2.09. The number of hydrogen-bond donors (Lipinski definition) is 2. The standard InChI is InChI=1S/C22H16N2O2S/c25-22(26)17-8-1-2-9-18(17)23-16-7-5-6-15(14-16)12-13-21-24-19-10-3-4-11-20(19)27-21/h1-14,23H,(H,25,26)/b13-12+. The number of thiazole rings is 1. The predicted molar refractivity (Wildman–Crippen MR) is 112 cm³/mol. The fourth-order valence-electron chi connectivity index (χ4n) is 2.78. The highest BCUT2D eigenvalue weighted by atomic mass is 32.1. The number of nitrogens with zero attached hydrogens (tertiary/aromatic N) is 1. The van der Waals surface area contributed by atoms with Gasteiger partial charge in [-0.15, -0.1) is 11.3 Å². The van der Waals surface area contributed by atoms with Gasteiger partial charge in [0.15, 0.2) is 0 Å². The van der Waals surface area contributed by atoms with Crippen LogP contribution in [-0.2, 0) is 0 Å². The third kappa shape index (κ3) is 3.88. The lowest BCUT2D eigenvalue weighted by molar-refractivity contribution is 0.0698. The molecule has 27 heavy (non-hydrogen) atoms. The van der Waals surface area contributed by atoms with E-state index in [4.69, 9.17) is 0 Å². The molecule has 0 aliphatic rings. The number of aromatic nitrogens is 1. The number of aromatic carboxylic acids is 1. The number of anilines is 2. The molecule has 0 atom stereocenters. The second-order valence-electron chi connectivity index (χ2n) is 5.95. The average molecular weight is 372 g/mol. The summed E-state index contributed by atoms with van der Waals surface area (Å²) in [6.07, 6.45) is 4.00. The number of para-hydroxylation sites is 2. The largest absolute Gasteiger partial charge is 0.478 e. The van der Waals surface area contributed by atoms with Crippen LogP contribution >= 0.6 is 11.3 Å². The molecule has 132 valence electrons. The first-order chi connectivity index (χ1) is 13.2. The molecule has 0 spiro atoms. The van der Waals surface area contributed by atoms with Gasteiger partial charge in [-0.3, -0.25) is 0 Å². The topological polar surface area (TPSA) is 62.2 Å². The third-order valence-electron chi connectivity index (χ3n) is 4.05. The first-order valence-electron chi connectivity index (χ1n) is 8.42. The number of benzene rings is 3. The van der Waals surface area contributed by atoms with Gasteiger partial charge in [-0.2, -0.15) is 0 Å². The Balaban J connectivity index is 1.56. The summed E-state index contributed by atoms with van der Waals surface area (Å²) in [6.45, 7) is 0. The summed E-state index contributed by atoms with van der Waals surface area (Å²) in [5.74, 6) is -0.954. The molecule has 4 nitrogen and oxygen atoms in total. The molecule has 0 aliphatic carbocycles. The number of fused-ring (bicyclic) bond motifs is 1. The van der Waals surface area contributed by atoms with Crippen molar-refractivity contribution >= 4 is 51.0 Å². The number of nitrogens with one attached hydrogen (secondary N) is 1. The molecule has 0 amide bonds. The van der Waals surface area contributed by atoms with Crippen molar-refractivity contribution in [2.24, 2.45) is 0 Å². The van der Waals surface area contributed by atoms with Crippen LogP contribution in [0.2, 0.25) is 0 Å². The van der Waals surface area contributed by atoms with Gasteiger partial charge in [-0.25, -0.2) is 9.78 Å². The number of hydrogen-bond acceptors (Lipinski definition) is 4. The molecule has 0 aliphatic heterocycles. The molecule has 0 fully saturated rings. The van der Waals surface area contributed by atoms with Gasteiger partial charge in [0.2, 0.25) is 0 Å². The fourth-order valence-corrected chi connectivity index (χ4v) is 3.65. The maximum atomic E-state index is 11.4. The maximum Gasteiger partial charge on any atom is 0.337 e. The van der Waals surface area contributed by atoms with E-state index in [2.05, 4.69) is 16.4 Å². The summed E-state index contributed by atoms with van der Waals surface area (Å²) in [4.78, 5) is 16.0. The first-order valence-corrected chi connectivity index (χ1v) is 9.24. The minimum atomic E-state index is -0.954. The molecule has 4 aromatic rings. The SMILES string of the molecule is O=C(O)c1ccccc1Nc1cccc(/C=C/c2nc3ccccc3s2)c1. The van der Waals surface area contributed by atoms with Gasteiger partial charge in [-0.05, 0) is 48.0 Å². The van der Waals surface area contributed by atoms with Crippen molar-refractivity contribution in [3.8, 4) is 0 Å². The zero-order chi connectivity index (χ0) is 18.6. The summed E-state index contributed by atoms with van der Waals surface area (Å²) in [6, 6.07) is 22.8. The summed E-state index contributed by atoms with van der Waals surface area (Å²) < 4.78 is 1.16. The Morgan fingerprint density at radius 2 is 1.78 bits per heavy atom. The van der Waals surface area contributed by atoms with E-state index in [1.807, 2.05) is 60.7 Å². The number of carbonyl (C=O) groups is 1. The van der Waals surface area contributed by atoms with Crippen LogP contribution in [0.5, 0.6) is 0 Å². The summed E-state index contributed by atoms with van der Waals surface area (Å²) in [5, 5.41) is 13.4. The van der Waals surface area contributed by atoms with Crippen molar-refractivity contribution in [1.29, 1.82) is 0 Å². The van der Waals surface area contributed by atoms with Crippen molar-refractivity contribution < 1.29 is 9.90 Å². The zero-order valence-corrected chi connectivity index (χ0v) is 15.1. The summed E-state index contributed by atoms with van der Waals surface area (Å²) in [7, 11) is 0. The smallest absolute Gasteiger partial charge is 0.337 e. The van der Waals surface area contributed by atoms with Gasteiger partial charge < -0.3 is 10.4 Å². The van der Waals surface area contributed by atoms with Crippen LogP contribution in [0.4, 0.5) is 11.4 Å². The molecule has 0 radical (unpaired) electrons. The summed E-state index contributed by atoms with van der Waals surface area (Å²) >= 11 is 1.65. The van der Waals surface area contributed by atoms with Crippen LogP contribution in [-0.4, -0.2) is 16.1 Å². The van der Waals surface area contributed by atoms with Crippen LogP contribution in [0.15, 0.2) is 72.8 Å². The molecule has 2 N–H and O–H groups in total. The third-order valence-corrected chi connectivity index (χ3v) is 5.05. The Morgan fingerprint density at radius 3 is 2.63 bits per heavy atom. The molecular weight excluding hydrogens is 356 g/mol. The predicted octanol–water partition coefficient (Wildman–Crippen LogP) is 5.91. The normalized spacial score (nSPS) is 11.1. The van der Waals surface area contributed by atoms with Crippen molar-refractivity contribution in [3.05, 3.63) is 88.9 Å². The minimum Gasteiger partial charge on any atom is -0.478 e. The Labute approximate surface area is 160 Å². The molecule has 1 aromatic heterocycles. The lowest BCUT2D eigenvalue weighted by Gasteiger charge is -2.10. The number of carboxylic acid groups (broad SMARTS) is 1. The monoisotopic (exact) mass is 372 g/mol. The molecule has 0 bridgehead atoms. The van der Waals surface area contributed by atoms with E-state index >= 15 is 0 Å². The molecule has 0 unspecified atom stereocenters. The quantitative estimate of drug-likeness (QED) is 0.457. The van der Waals surface area contributed by atoms with Crippen LogP contribution in [0.25, 0.3) is 22.4 Å². The Kier molecular flexibility index (Phi) is 4.68. The van der Waals surface area contributed by atoms with Gasteiger partial charge >= 0.3 is 5.97 Å². The molecular formula is C22H16N2O2S. The second-order valence-corrected chi connectivity index (χ2v) is 7.02. The van der Waals surface area contributed by atoms with Crippen LogP contribution in [0.3, 0.4) is 0 Å². The first kappa shape index (κ1) is 17.0. The number of rotatable bonds is 5. The lowest BCUT2D eigenvalue weighted by atomic mass is 10.1. The van der Waals surface area contributed by atoms with Crippen LogP contribution in [0.1, 0.15) is 20.9 Å². The van der Waals surface area contributed by atoms with Gasteiger partial charge in [0.05, 0.1) is 21.5 Å². The lowest BCUT2D eigenvalue weighted by Crippen LogP contribution is -2.02. The van der Waals surface area contributed by atoms with E-state index in [0.29, 0.717) is 5.69 Å². The van der Waals surface area contributed by atoms with Gasteiger partial charge in [-0.1, -0.05) is 42.5 Å². The zero-order valence-electron chi connectivity index (χ0n) is 14.3. The van der Waals surface area contributed by atoms with Crippen LogP contribution in [0, 0.1) is 0 Å². The number of carboxylic acids is 1. The highest BCUT2D eigenvalue weighted by Crippen LogP contribution is 2.25. The van der Waals surface area contributed by atoms with Gasteiger partial charge in [0.1, 0.15) is 5.01 Å². The van der Waals surface area contributed by atoms with Crippen molar-refractivity contribution in [2.45, 2.75) is 0 Å². The molecule has 5 heteroatoms. The van der Waals surface area contributed by atoms with E-state index in [9.17, 15) is 9.90 Å². The minimum absolute atomic E-state index is 0.243. The van der Waals surface area contributed by atoms with Crippen molar-refractivity contribution in [2.75, 3.05) is 5.32 Å². The fraction of sp³-hybridized carbons (Fsp3) is 0. The second kappa shape index (κ2) is 7.43. The molecule has 0 saturated heterocycles. The van der Waals surface area contributed by atoms with E-state index < -0.39 is 5.97 Å². The Bertz CT molecular complexity index is 1110.